The molecule has 4 aromatic rings. The Bertz CT molecular complexity index is 1390. The molecule has 0 aliphatic carbocycles. The normalized spacial score (nSPS) is 17.6. The van der Waals surface area contributed by atoms with Crippen LogP contribution in [0.3, 0.4) is 0 Å². The van der Waals surface area contributed by atoms with Gasteiger partial charge in [-0.15, -0.1) is 11.3 Å². The summed E-state index contributed by atoms with van der Waals surface area (Å²) in [5.74, 6) is -1.82. The summed E-state index contributed by atoms with van der Waals surface area (Å²) in [6.07, 6.45) is 0. The molecule has 1 aliphatic rings. The standard InChI is InChI=1S/C22H17N5O4S/c1-11-16(21(30)31-2)18(27-22(23-11)24-25-26-27)17-14-5-3-4-6-15(14)32-19(17)12-7-9-13(10-8-12)20(28)29/h3-10,16,18H,1-2H3,(H,28,29). The van der Waals surface area contributed by atoms with Crippen molar-refractivity contribution in [3.63, 3.8) is 0 Å². The van der Waals surface area contributed by atoms with Crippen LogP contribution >= 0.6 is 11.3 Å². The van der Waals surface area contributed by atoms with E-state index in [0.717, 1.165) is 26.1 Å². The Kier molecular flexibility index (Phi) is 4.78. The van der Waals surface area contributed by atoms with Crippen molar-refractivity contribution in [2.45, 2.75) is 13.0 Å². The third-order valence-corrected chi connectivity index (χ3v) is 6.80. The Balaban J connectivity index is 1.79. The predicted molar refractivity (Wildman–Crippen MR) is 118 cm³/mol. The van der Waals surface area contributed by atoms with E-state index >= 15 is 0 Å². The summed E-state index contributed by atoms with van der Waals surface area (Å²) in [6.45, 7) is 1.77. The lowest BCUT2D eigenvalue weighted by molar-refractivity contribution is -0.144. The molecule has 2 aromatic heterocycles. The number of benzene rings is 2. The van der Waals surface area contributed by atoms with Crippen molar-refractivity contribution in [3.05, 3.63) is 59.7 Å². The maximum Gasteiger partial charge on any atom is 0.335 e. The van der Waals surface area contributed by atoms with Crippen LogP contribution in [-0.2, 0) is 9.53 Å². The van der Waals surface area contributed by atoms with Gasteiger partial charge in [0.2, 0.25) is 0 Å². The first kappa shape index (κ1) is 20.0. The molecule has 5 rings (SSSR count). The number of rotatable bonds is 4. The van der Waals surface area contributed by atoms with E-state index in [9.17, 15) is 14.7 Å². The van der Waals surface area contributed by atoms with E-state index in [1.54, 1.807) is 47.2 Å². The zero-order valence-corrected chi connectivity index (χ0v) is 17.9. The SMILES string of the molecule is COC(=O)C1C(C)=Nc2nnnn2C1c1c(-c2ccc(C(=O)O)cc2)sc2ccccc12. The molecule has 1 aliphatic heterocycles. The van der Waals surface area contributed by atoms with E-state index in [-0.39, 0.29) is 5.56 Å². The zero-order chi connectivity index (χ0) is 22.4. The van der Waals surface area contributed by atoms with Crippen LogP contribution in [0.5, 0.6) is 0 Å². The van der Waals surface area contributed by atoms with Crippen LogP contribution in [0.1, 0.15) is 28.9 Å². The van der Waals surface area contributed by atoms with Gasteiger partial charge in [-0.3, -0.25) is 4.79 Å². The molecule has 0 fully saturated rings. The topological polar surface area (TPSA) is 120 Å². The summed E-state index contributed by atoms with van der Waals surface area (Å²) >= 11 is 1.56. The van der Waals surface area contributed by atoms with Crippen molar-refractivity contribution in [1.29, 1.82) is 0 Å². The quantitative estimate of drug-likeness (QED) is 0.473. The number of carbonyl (C=O) groups is 2. The molecule has 10 heteroatoms. The molecule has 2 aromatic carbocycles. The molecule has 0 spiro atoms. The van der Waals surface area contributed by atoms with Crippen LogP contribution in [-0.4, -0.2) is 50.1 Å². The summed E-state index contributed by atoms with van der Waals surface area (Å²) < 4.78 is 7.70. The summed E-state index contributed by atoms with van der Waals surface area (Å²) in [4.78, 5) is 29.5. The van der Waals surface area contributed by atoms with Crippen LogP contribution < -0.4 is 0 Å². The summed E-state index contributed by atoms with van der Waals surface area (Å²) in [5.41, 5.74) is 2.47. The van der Waals surface area contributed by atoms with E-state index in [1.165, 1.54) is 7.11 Å². The number of fused-ring (bicyclic) bond motifs is 2. The van der Waals surface area contributed by atoms with Gasteiger partial charge in [0.25, 0.3) is 5.95 Å². The number of esters is 1. The van der Waals surface area contributed by atoms with Gasteiger partial charge in [0, 0.05) is 20.9 Å². The molecule has 160 valence electrons. The van der Waals surface area contributed by atoms with Gasteiger partial charge in [-0.1, -0.05) is 35.4 Å². The molecule has 3 heterocycles. The fraction of sp³-hybridized carbons (Fsp3) is 0.182. The number of methoxy groups -OCH3 is 1. The zero-order valence-electron chi connectivity index (χ0n) is 17.1. The number of carboxylic acids is 1. The molecule has 0 bridgehead atoms. The van der Waals surface area contributed by atoms with Gasteiger partial charge < -0.3 is 9.84 Å². The van der Waals surface area contributed by atoms with E-state index in [2.05, 4.69) is 20.5 Å². The van der Waals surface area contributed by atoms with Crippen molar-refractivity contribution in [1.82, 2.24) is 20.2 Å². The van der Waals surface area contributed by atoms with Gasteiger partial charge in [0.1, 0.15) is 12.0 Å². The summed E-state index contributed by atoms with van der Waals surface area (Å²) in [6, 6.07) is 14.0. The Morgan fingerprint density at radius 2 is 1.88 bits per heavy atom. The Morgan fingerprint density at radius 1 is 1.12 bits per heavy atom. The highest BCUT2D eigenvalue weighted by molar-refractivity contribution is 7.22. The number of thiophene rings is 1. The van der Waals surface area contributed by atoms with Crippen LogP contribution in [0.15, 0.2) is 53.5 Å². The van der Waals surface area contributed by atoms with Gasteiger partial charge in [0.05, 0.1) is 12.7 Å². The number of carboxylic acid groups (broad SMARTS) is 1. The average molecular weight is 447 g/mol. The summed E-state index contributed by atoms with van der Waals surface area (Å²) in [5, 5.41) is 22.1. The smallest absolute Gasteiger partial charge is 0.335 e. The predicted octanol–water partition coefficient (Wildman–Crippen LogP) is 3.74. The molecule has 2 atom stereocenters. The largest absolute Gasteiger partial charge is 0.478 e. The van der Waals surface area contributed by atoms with Gasteiger partial charge in [0.15, 0.2) is 0 Å². The van der Waals surface area contributed by atoms with Crippen LogP contribution in [0.4, 0.5) is 5.95 Å². The number of hydrogen-bond acceptors (Lipinski definition) is 8. The number of aromatic carboxylic acids is 1. The number of aliphatic imine (C=N–C) groups is 1. The molecule has 2 unspecified atom stereocenters. The maximum atomic E-state index is 12.9. The van der Waals surface area contributed by atoms with Crippen molar-refractivity contribution < 1.29 is 19.4 Å². The monoisotopic (exact) mass is 447 g/mol. The van der Waals surface area contributed by atoms with Crippen LogP contribution in [0.2, 0.25) is 0 Å². The van der Waals surface area contributed by atoms with Crippen molar-refractivity contribution in [2.24, 2.45) is 10.9 Å². The van der Waals surface area contributed by atoms with E-state index in [4.69, 9.17) is 4.74 Å². The fourth-order valence-electron chi connectivity index (χ4n) is 4.09. The van der Waals surface area contributed by atoms with E-state index in [1.807, 2.05) is 24.3 Å². The van der Waals surface area contributed by atoms with Crippen LogP contribution in [0, 0.1) is 5.92 Å². The second-order valence-corrected chi connectivity index (χ2v) is 8.40. The maximum absolute atomic E-state index is 12.9. The second kappa shape index (κ2) is 7.65. The molecule has 9 nitrogen and oxygen atoms in total. The molecule has 1 N–H and O–H groups in total. The minimum Gasteiger partial charge on any atom is -0.478 e. The first-order valence-electron chi connectivity index (χ1n) is 9.75. The highest BCUT2D eigenvalue weighted by atomic mass is 32.1. The lowest BCUT2D eigenvalue weighted by Gasteiger charge is -2.29. The molecule has 0 saturated heterocycles. The van der Waals surface area contributed by atoms with Gasteiger partial charge >= 0.3 is 11.9 Å². The molecular formula is C22H17N5O4S. The number of ether oxygens (including phenoxy) is 1. The first-order chi connectivity index (χ1) is 15.5. The Hall–Kier alpha value is -3.92. The third kappa shape index (κ3) is 3.07. The number of aromatic nitrogens is 4. The van der Waals surface area contributed by atoms with Crippen molar-refractivity contribution >= 4 is 45.0 Å². The van der Waals surface area contributed by atoms with Crippen molar-refractivity contribution in [2.75, 3.05) is 7.11 Å². The number of hydrogen-bond donors (Lipinski definition) is 1. The van der Waals surface area contributed by atoms with E-state index in [0.29, 0.717) is 11.7 Å². The number of tetrazole rings is 1. The number of carbonyl (C=O) groups excluding carboxylic acids is 1. The van der Waals surface area contributed by atoms with E-state index < -0.39 is 23.9 Å². The highest BCUT2D eigenvalue weighted by Crippen LogP contribution is 2.47. The highest BCUT2D eigenvalue weighted by Gasteiger charge is 2.42. The number of nitrogens with zero attached hydrogens (tertiary/aromatic N) is 5. The third-order valence-electron chi connectivity index (χ3n) is 5.56. The van der Waals surface area contributed by atoms with Crippen molar-refractivity contribution in [3.8, 4) is 10.4 Å². The van der Waals surface area contributed by atoms with Gasteiger partial charge in [-0.2, -0.15) is 0 Å². The van der Waals surface area contributed by atoms with Crippen LogP contribution in [0.25, 0.3) is 20.5 Å². The Morgan fingerprint density at radius 3 is 2.59 bits per heavy atom. The second-order valence-electron chi connectivity index (χ2n) is 7.35. The Labute approximate surface area is 186 Å². The minimum atomic E-state index is -0.990. The molecule has 32 heavy (non-hydrogen) atoms. The summed E-state index contributed by atoms with van der Waals surface area (Å²) in [7, 11) is 1.35. The first-order valence-corrected chi connectivity index (χ1v) is 10.6. The van der Waals surface area contributed by atoms with Gasteiger partial charge in [-0.25, -0.2) is 14.5 Å². The van der Waals surface area contributed by atoms with Gasteiger partial charge in [-0.05, 0) is 46.5 Å². The fourth-order valence-corrected chi connectivity index (χ4v) is 5.34. The lowest BCUT2D eigenvalue weighted by atomic mass is 9.86. The molecule has 0 amide bonds. The molecule has 0 saturated carbocycles. The lowest BCUT2D eigenvalue weighted by Crippen LogP contribution is -2.36. The minimum absolute atomic E-state index is 0.201. The average Bonchev–Trinajstić information content (AvgIpc) is 3.42. The molecular weight excluding hydrogens is 430 g/mol. The molecule has 0 radical (unpaired) electrons.